The largest absolute Gasteiger partial charge is 0.363 e. The molecule has 1 fully saturated rings. The van der Waals surface area contributed by atoms with Crippen molar-refractivity contribution in [2.75, 3.05) is 18.0 Å². The Balaban J connectivity index is 2.12. The highest BCUT2D eigenvalue weighted by molar-refractivity contribution is 7.16. The lowest BCUT2D eigenvalue weighted by Crippen LogP contribution is -2.28. The van der Waals surface area contributed by atoms with Gasteiger partial charge in [0.1, 0.15) is 0 Å². The van der Waals surface area contributed by atoms with E-state index < -0.39 is 0 Å². The molecule has 4 nitrogen and oxygen atoms in total. The summed E-state index contributed by atoms with van der Waals surface area (Å²) in [4.78, 5) is 13.8. The van der Waals surface area contributed by atoms with E-state index >= 15 is 0 Å². The van der Waals surface area contributed by atoms with Crippen molar-refractivity contribution in [3.05, 3.63) is 32.8 Å². The van der Waals surface area contributed by atoms with Gasteiger partial charge < -0.3 is 4.90 Å². The summed E-state index contributed by atoms with van der Waals surface area (Å²) in [5, 5.41) is 12.0. The molecule has 0 spiro atoms. The van der Waals surface area contributed by atoms with Crippen molar-refractivity contribution < 1.29 is 4.92 Å². The Morgan fingerprint density at radius 1 is 1.44 bits per heavy atom. The fourth-order valence-electron chi connectivity index (χ4n) is 2.15. The van der Waals surface area contributed by atoms with Crippen LogP contribution in [-0.4, -0.2) is 18.0 Å². The van der Waals surface area contributed by atoms with Gasteiger partial charge in [-0.3, -0.25) is 10.1 Å². The second-order valence-corrected chi connectivity index (χ2v) is 5.56. The van der Waals surface area contributed by atoms with Crippen LogP contribution < -0.4 is 4.90 Å². The number of hydrogen-bond acceptors (Lipinski definition) is 4. The number of hydrogen-bond donors (Lipinski definition) is 0. The number of allylic oxidation sites excluding steroid dienone is 1. The highest BCUT2D eigenvalue weighted by Crippen LogP contribution is 2.30. The molecule has 1 aliphatic rings. The zero-order valence-corrected chi connectivity index (χ0v) is 11.4. The van der Waals surface area contributed by atoms with Crippen molar-refractivity contribution >= 4 is 22.4 Å². The third-order valence-electron chi connectivity index (χ3n) is 3.19. The highest BCUT2D eigenvalue weighted by atomic mass is 32.1. The normalized spacial score (nSPS) is 16.9. The average molecular weight is 266 g/mol. The van der Waals surface area contributed by atoms with Crippen LogP contribution in [0.4, 0.5) is 5.00 Å². The molecule has 2 rings (SSSR count). The van der Waals surface area contributed by atoms with Crippen LogP contribution in [0.1, 0.15) is 37.5 Å². The lowest BCUT2D eigenvalue weighted by atomic mass is 10.1. The van der Waals surface area contributed by atoms with E-state index in [0.717, 1.165) is 18.0 Å². The third kappa shape index (κ3) is 3.10. The van der Waals surface area contributed by atoms with E-state index in [2.05, 4.69) is 11.0 Å². The van der Waals surface area contributed by atoms with Gasteiger partial charge in [0.05, 0.1) is 9.92 Å². The van der Waals surface area contributed by atoms with E-state index in [-0.39, 0.29) is 10.6 Å². The maximum absolute atomic E-state index is 10.8. The topological polar surface area (TPSA) is 46.4 Å². The van der Waals surface area contributed by atoms with Gasteiger partial charge in [-0.2, -0.15) is 0 Å². The molecule has 0 amide bonds. The van der Waals surface area contributed by atoms with Crippen molar-refractivity contribution in [3.63, 3.8) is 0 Å². The lowest BCUT2D eigenvalue weighted by Gasteiger charge is -2.27. The summed E-state index contributed by atoms with van der Waals surface area (Å²) >= 11 is 1.65. The van der Waals surface area contributed by atoms with Crippen molar-refractivity contribution in [2.24, 2.45) is 0 Å². The molecule has 0 radical (unpaired) electrons. The highest BCUT2D eigenvalue weighted by Gasteiger charge is 2.14. The first kappa shape index (κ1) is 13.1. The Bertz CT molecular complexity index is 448. The standard InChI is InChI=1S/C13H18N2O2S/c1-2-11(15(16)17)10-12-6-7-13(18-12)14-8-4-3-5-9-14/h6-7,10H,2-5,8-9H2,1H3/b11-10+. The van der Waals surface area contributed by atoms with Gasteiger partial charge in [-0.25, -0.2) is 0 Å². The van der Waals surface area contributed by atoms with Crippen LogP contribution in [0.2, 0.25) is 0 Å². The van der Waals surface area contributed by atoms with Gasteiger partial charge in [0.2, 0.25) is 5.70 Å². The van der Waals surface area contributed by atoms with Crippen molar-refractivity contribution in [1.29, 1.82) is 0 Å². The van der Waals surface area contributed by atoms with Crippen molar-refractivity contribution in [2.45, 2.75) is 32.6 Å². The van der Waals surface area contributed by atoms with Crippen LogP contribution in [0.5, 0.6) is 0 Å². The van der Waals surface area contributed by atoms with Crippen LogP contribution in [0.3, 0.4) is 0 Å². The number of nitro groups is 1. The Morgan fingerprint density at radius 2 is 2.17 bits per heavy atom. The molecule has 18 heavy (non-hydrogen) atoms. The maximum atomic E-state index is 10.8. The van der Waals surface area contributed by atoms with Gasteiger partial charge in [-0.05, 0) is 31.4 Å². The van der Waals surface area contributed by atoms with Crippen LogP contribution >= 0.6 is 11.3 Å². The molecular weight excluding hydrogens is 248 g/mol. The average Bonchev–Trinajstić information content (AvgIpc) is 2.85. The monoisotopic (exact) mass is 266 g/mol. The number of rotatable bonds is 4. The molecule has 0 N–H and O–H groups in total. The molecular formula is C13H18N2O2S. The van der Waals surface area contributed by atoms with Crippen LogP contribution in [-0.2, 0) is 0 Å². The fourth-order valence-corrected chi connectivity index (χ4v) is 3.17. The summed E-state index contributed by atoms with van der Waals surface area (Å²) in [6.07, 6.45) is 5.97. The van der Waals surface area contributed by atoms with Crippen LogP contribution in [0.15, 0.2) is 17.8 Å². The Morgan fingerprint density at radius 3 is 2.78 bits per heavy atom. The zero-order chi connectivity index (χ0) is 13.0. The minimum absolute atomic E-state index is 0.280. The first-order valence-corrected chi connectivity index (χ1v) is 7.22. The Labute approximate surface area is 111 Å². The molecule has 0 atom stereocenters. The molecule has 5 heteroatoms. The first-order chi connectivity index (χ1) is 8.70. The molecule has 0 unspecified atom stereocenters. The third-order valence-corrected chi connectivity index (χ3v) is 4.28. The zero-order valence-electron chi connectivity index (χ0n) is 10.6. The van der Waals surface area contributed by atoms with Gasteiger partial charge in [-0.15, -0.1) is 11.3 Å². The maximum Gasteiger partial charge on any atom is 0.247 e. The molecule has 98 valence electrons. The molecule has 0 aromatic carbocycles. The van der Waals surface area contributed by atoms with Crippen LogP contribution in [0, 0.1) is 10.1 Å². The summed E-state index contributed by atoms with van der Waals surface area (Å²) in [7, 11) is 0. The van der Waals surface area contributed by atoms with E-state index in [4.69, 9.17) is 0 Å². The molecule has 0 saturated carbocycles. The number of piperidine rings is 1. The summed E-state index contributed by atoms with van der Waals surface area (Å²) in [5.41, 5.74) is 0.280. The quantitative estimate of drug-likeness (QED) is 0.615. The summed E-state index contributed by atoms with van der Waals surface area (Å²) < 4.78 is 0. The van der Waals surface area contributed by atoms with E-state index in [1.807, 2.05) is 13.0 Å². The minimum Gasteiger partial charge on any atom is -0.363 e. The molecule has 0 aliphatic carbocycles. The summed E-state index contributed by atoms with van der Waals surface area (Å²) in [6.45, 7) is 4.03. The van der Waals surface area contributed by atoms with Gasteiger partial charge in [0.25, 0.3) is 0 Å². The molecule has 1 saturated heterocycles. The SMILES string of the molecule is CC/C(=C\c1ccc(N2CCCCC2)s1)[N+](=O)[O-]. The van der Waals surface area contributed by atoms with Crippen molar-refractivity contribution in [1.82, 2.24) is 0 Å². The predicted octanol–water partition coefficient (Wildman–Crippen LogP) is 3.77. The van der Waals surface area contributed by atoms with E-state index in [1.54, 1.807) is 17.4 Å². The number of anilines is 1. The van der Waals surface area contributed by atoms with Gasteiger partial charge in [-0.1, -0.05) is 6.92 Å². The summed E-state index contributed by atoms with van der Waals surface area (Å²) in [6, 6.07) is 4.06. The van der Waals surface area contributed by atoms with E-state index in [0.29, 0.717) is 6.42 Å². The Hall–Kier alpha value is -1.36. The second-order valence-electron chi connectivity index (χ2n) is 4.47. The minimum atomic E-state index is -0.291. The lowest BCUT2D eigenvalue weighted by molar-refractivity contribution is -0.425. The van der Waals surface area contributed by atoms with E-state index in [9.17, 15) is 10.1 Å². The van der Waals surface area contributed by atoms with Crippen LogP contribution in [0.25, 0.3) is 6.08 Å². The molecule has 1 aliphatic heterocycles. The molecule has 1 aromatic heterocycles. The smallest absolute Gasteiger partial charge is 0.247 e. The predicted molar refractivity (Wildman–Crippen MR) is 75.6 cm³/mol. The summed E-state index contributed by atoms with van der Waals surface area (Å²) in [5.74, 6) is 0. The van der Waals surface area contributed by atoms with Gasteiger partial charge in [0.15, 0.2) is 0 Å². The van der Waals surface area contributed by atoms with Crippen molar-refractivity contribution in [3.8, 4) is 0 Å². The second kappa shape index (κ2) is 6.00. The molecule has 0 bridgehead atoms. The fraction of sp³-hybridized carbons (Fsp3) is 0.538. The first-order valence-electron chi connectivity index (χ1n) is 6.40. The molecule has 1 aromatic rings. The number of nitrogens with zero attached hydrogens (tertiary/aromatic N) is 2. The Kier molecular flexibility index (Phi) is 4.36. The van der Waals surface area contributed by atoms with E-state index in [1.165, 1.54) is 24.3 Å². The molecule has 2 heterocycles. The van der Waals surface area contributed by atoms with Gasteiger partial charge in [0, 0.05) is 30.5 Å². The number of thiophene rings is 1. The van der Waals surface area contributed by atoms with Gasteiger partial charge >= 0.3 is 0 Å².